The van der Waals surface area contributed by atoms with Gasteiger partial charge in [-0.2, -0.15) is 0 Å². The van der Waals surface area contributed by atoms with E-state index in [0.29, 0.717) is 5.15 Å². The highest BCUT2D eigenvalue weighted by atomic mass is 79.9. The Morgan fingerprint density at radius 1 is 1.40 bits per heavy atom. The molecule has 0 spiro atoms. The third-order valence-electron chi connectivity index (χ3n) is 3.56. The predicted molar refractivity (Wildman–Crippen MR) is 87.7 cm³/mol. The van der Waals surface area contributed by atoms with Crippen LogP contribution in [-0.2, 0) is 13.0 Å². The molecule has 0 saturated heterocycles. The zero-order valence-electron chi connectivity index (χ0n) is 11.2. The molecule has 1 N–H and O–H groups in total. The highest BCUT2D eigenvalue weighted by Crippen LogP contribution is 2.28. The Morgan fingerprint density at radius 3 is 3.10 bits per heavy atom. The van der Waals surface area contributed by atoms with Crippen molar-refractivity contribution in [3.8, 4) is 0 Å². The van der Waals surface area contributed by atoms with E-state index in [-0.39, 0.29) is 0 Å². The van der Waals surface area contributed by atoms with Crippen LogP contribution in [0.2, 0.25) is 5.15 Å². The summed E-state index contributed by atoms with van der Waals surface area (Å²) in [5, 5.41) is 3.83. The van der Waals surface area contributed by atoms with Crippen LogP contribution >= 0.6 is 27.5 Å². The molecule has 104 valence electrons. The molecular formula is C15H15BrClN3. The second kappa shape index (κ2) is 5.62. The van der Waals surface area contributed by atoms with Gasteiger partial charge in [0.15, 0.2) is 5.15 Å². The van der Waals surface area contributed by atoms with Crippen LogP contribution in [0.15, 0.2) is 34.9 Å². The van der Waals surface area contributed by atoms with Gasteiger partial charge in [0.05, 0.1) is 5.69 Å². The van der Waals surface area contributed by atoms with Crippen molar-refractivity contribution in [2.45, 2.75) is 13.0 Å². The van der Waals surface area contributed by atoms with Crippen molar-refractivity contribution in [3.05, 3.63) is 51.2 Å². The molecule has 2 heterocycles. The normalized spacial score (nSPS) is 13.4. The number of likely N-dealkylation sites (N-methyl/N-ethyl adjacent to an activating group) is 1. The summed E-state index contributed by atoms with van der Waals surface area (Å²) < 4.78 is 0.917. The zero-order chi connectivity index (χ0) is 14.1. The summed E-state index contributed by atoms with van der Waals surface area (Å²) in [4.78, 5) is 6.40. The number of rotatable bonds is 3. The number of benzene rings is 1. The van der Waals surface area contributed by atoms with Crippen LogP contribution in [0.4, 0.5) is 11.4 Å². The Morgan fingerprint density at radius 2 is 2.25 bits per heavy atom. The Bertz CT molecular complexity index is 645. The average Bonchev–Trinajstić information content (AvgIpc) is 2.81. The van der Waals surface area contributed by atoms with Crippen molar-refractivity contribution in [2.24, 2.45) is 0 Å². The lowest BCUT2D eigenvalue weighted by Gasteiger charge is -2.13. The van der Waals surface area contributed by atoms with Crippen LogP contribution in [0.1, 0.15) is 11.1 Å². The molecule has 1 aliphatic heterocycles. The first kappa shape index (κ1) is 13.7. The van der Waals surface area contributed by atoms with E-state index >= 15 is 0 Å². The zero-order valence-corrected chi connectivity index (χ0v) is 13.5. The van der Waals surface area contributed by atoms with E-state index in [1.54, 1.807) is 6.20 Å². The van der Waals surface area contributed by atoms with Crippen molar-refractivity contribution >= 4 is 38.9 Å². The van der Waals surface area contributed by atoms with Gasteiger partial charge in [0.1, 0.15) is 0 Å². The molecular weight excluding hydrogens is 338 g/mol. The van der Waals surface area contributed by atoms with Crippen molar-refractivity contribution < 1.29 is 0 Å². The van der Waals surface area contributed by atoms with Gasteiger partial charge in [0.25, 0.3) is 0 Å². The number of hydrogen-bond donors (Lipinski definition) is 1. The molecule has 1 aliphatic rings. The lowest BCUT2D eigenvalue weighted by Crippen LogP contribution is -2.12. The fourth-order valence-electron chi connectivity index (χ4n) is 2.47. The molecule has 0 unspecified atom stereocenters. The molecule has 0 aliphatic carbocycles. The van der Waals surface area contributed by atoms with Crippen LogP contribution in [-0.4, -0.2) is 18.6 Å². The maximum absolute atomic E-state index is 6.07. The summed E-state index contributed by atoms with van der Waals surface area (Å²) in [7, 11) is 2.14. The summed E-state index contributed by atoms with van der Waals surface area (Å²) >= 11 is 9.48. The summed E-state index contributed by atoms with van der Waals surface area (Å²) in [6.07, 6.45) is 2.82. The maximum atomic E-state index is 6.07. The van der Waals surface area contributed by atoms with Crippen LogP contribution in [0.5, 0.6) is 0 Å². The number of nitrogens with one attached hydrogen (secondary N) is 1. The van der Waals surface area contributed by atoms with Gasteiger partial charge in [-0.05, 0) is 45.6 Å². The minimum absolute atomic E-state index is 0.495. The molecule has 0 atom stereocenters. The number of nitrogens with zero attached hydrogens (tertiary/aromatic N) is 2. The van der Waals surface area contributed by atoms with Gasteiger partial charge in [-0.3, -0.25) is 0 Å². The molecule has 0 amide bonds. The van der Waals surface area contributed by atoms with Crippen molar-refractivity contribution in [2.75, 3.05) is 23.8 Å². The van der Waals surface area contributed by atoms with E-state index in [4.69, 9.17) is 11.6 Å². The standard InChI is InChI=1S/C15H15BrClN3/c1-20-5-4-11-6-10(2-3-14(11)20)8-18-13-7-12(16)9-19-15(13)17/h2-3,6-7,9,18H,4-5,8H2,1H3. The quantitative estimate of drug-likeness (QED) is 0.843. The van der Waals surface area contributed by atoms with E-state index < -0.39 is 0 Å². The van der Waals surface area contributed by atoms with Gasteiger partial charge < -0.3 is 10.2 Å². The summed E-state index contributed by atoms with van der Waals surface area (Å²) in [6, 6.07) is 8.56. The molecule has 2 aromatic rings. The lowest BCUT2D eigenvalue weighted by molar-refractivity contribution is 0.955. The minimum Gasteiger partial charge on any atom is -0.378 e. The largest absolute Gasteiger partial charge is 0.378 e. The highest BCUT2D eigenvalue weighted by Gasteiger charge is 2.15. The lowest BCUT2D eigenvalue weighted by atomic mass is 10.1. The Labute approximate surface area is 132 Å². The van der Waals surface area contributed by atoms with Crippen LogP contribution in [0.25, 0.3) is 0 Å². The fourth-order valence-corrected chi connectivity index (χ4v) is 2.98. The topological polar surface area (TPSA) is 28.2 Å². The van der Waals surface area contributed by atoms with Crippen molar-refractivity contribution in [1.82, 2.24) is 4.98 Å². The number of fused-ring (bicyclic) bond motifs is 1. The number of pyridine rings is 1. The van der Waals surface area contributed by atoms with Crippen LogP contribution < -0.4 is 10.2 Å². The SMILES string of the molecule is CN1CCc2cc(CNc3cc(Br)cnc3Cl)ccc21. The van der Waals surface area contributed by atoms with E-state index in [9.17, 15) is 0 Å². The van der Waals surface area contributed by atoms with E-state index in [1.807, 2.05) is 6.07 Å². The van der Waals surface area contributed by atoms with Gasteiger partial charge in [-0.25, -0.2) is 4.98 Å². The van der Waals surface area contributed by atoms with Crippen molar-refractivity contribution in [1.29, 1.82) is 0 Å². The van der Waals surface area contributed by atoms with Gasteiger partial charge >= 0.3 is 0 Å². The first-order valence-corrected chi connectivity index (χ1v) is 7.68. The van der Waals surface area contributed by atoms with Gasteiger partial charge in [-0.15, -0.1) is 0 Å². The molecule has 1 aromatic heterocycles. The first-order valence-electron chi connectivity index (χ1n) is 6.51. The molecule has 3 rings (SSSR count). The second-order valence-electron chi connectivity index (χ2n) is 4.98. The molecule has 5 heteroatoms. The summed E-state index contributed by atoms with van der Waals surface area (Å²) in [5.74, 6) is 0. The number of halogens is 2. The number of aromatic nitrogens is 1. The van der Waals surface area contributed by atoms with E-state index in [0.717, 1.165) is 29.7 Å². The second-order valence-corrected chi connectivity index (χ2v) is 6.25. The predicted octanol–water partition coefficient (Wildman–Crippen LogP) is 4.10. The Balaban J connectivity index is 1.74. The molecule has 0 bridgehead atoms. The summed E-state index contributed by atoms with van der Waals surface area (Å²) in [6.45, 7) is 1.85. The molecule has 0 radical (unpaired) electrons. The molecule has 0 fully saturated rings. The molecule has 1 aromatic carbocycles. The van der Waals surface area contributed by atoms with Gasteiger partial charge in [0, 0.05) is 36.5 Å². The van der Waals surface area contributed by atoms with Gasteiger partial charge in [-0.1, -0.05) is 23.7 Å². The Kier molecular flexibility index (Phi) is 3.85. The third kappa shape index (κ3) is 2.76. The fraction of sp³-hybridized carbons (Fsp3) is 0.267. The number of hydrogen-bond acceptors (Lipinski definition) is 3. The van der Waals surface area contributed by atoms with Gasteiger partial charge in [0.2, 0.25) is 0 Å². The molecule has 0 saturated carbocycles. The smallest absolute Gasteiger partial charge is 0.152 e. The Hall–Kier alpha value is -1.26. The molecule has 3 nitrogen and oxygen atoms in total. The minimum atomic E-state index is 0.495. The van der Waals surface area contributed by atoms with Crippen LogP contribution in [0.3, 0.4) is 0 Å². The van der Waals surface area contributed by atoms with E-state index in [2.05, 4.69) is 56.4 Å². The third-order valence-corrected chi connectivity index (χ3v) is 4.30. The monoisotopic (exact) mass is 351 g/mol. The average molecular weight is 353 g/mol. The maximum Gasteiger partial charge on any atom is 0.152 e. The van der Waals surface area contributed by atoms with Crippen molar-refractivity contribution in [3.63, 3.8) is 0 Å². The first-order chi connectivity index (χ1) is 9.63. The van der Waals surface area contributed by atoms with E-state index in [1.165, 1.54) is 16.8 Å². The molecule has 20 heavy (non-hydrogen) atoms. The highest BCUT2D eigenvalue weighted by molar-refractivity contribution is 9.10. The van der Waals surface area contributed by atoms with Crippen LogP contribution in [0, 0.1) is 0 Å². The summed E-state index contributed by atoms with van der Waals surface area (Å²) in [5.41, 5.74) is 4.87. The number of anilines is 2.